The van der Waals surface area contributed by atoms with Gasteiger partial charge in [0, 0.05) is 25.2 Å². The summed E-state index contributed by atoms with van der Waals surface area (Å²) in [6.45, 7) is -0.554. The van der Waals surface area contributed by atoms with Gasteiger partial charge in [-0.2, -0.15) is 10.5 Å². The number of carbonyl (C=O) groups is 3. The van der Waals surface area contributed by atoms with E-state index in [1.807, 2.05) is 12.1 Å². The molecule has 0 unspecified atom stereocenters. The van der Waals surface area contributed by atoms with Crippen molar-refractivity contribution >= 4 is 23.5 Å². The zero-order chi connectivity index (χ0) is 21.1. The SMILES string of the molecule is COC(=O)c1cc(C(=O)OCC(=O)N(CCC#N)CCC#N)cc([N+](=O)[O-])c1. The summed E-state index contributed by atoms with van der Waals surface area (Å²) in [7, 11) is 1.08. The van der Waals surface area contributed by atoms with Gasteiger partial charge in [-0.1, -0.05) is 0 Å². The minimum Gasteiger partial charge on any atom is -0.465 e. The molecule has 28 heavy (non-hydrogen) atoms. The quantitative estimate of drug-likeness (QED) is 0.343. The molecular weight excluding hydrogens is 372 g/mol. The molecule has 146 valence electrons. The van der Waals surface area contributed by atoms with Crippen LogP contribution >= 0.6 is 0 Å². The predicted octanol–water partition coefficient (Wildman–Crippen LogP) is 1.19. The van der Waals surface area contributed by atoms with Crippen LogP contribution in [0.25, 0.3) is 0 Å². The van der Waals surface area contributed by atoms with Crippen LogP contribution < -0.4 is 0 Å². The van der Waals surface area contributed by atoms with E-state index in [1.54, 1.807) is 0 Å². The number of methoxy groups -OCH3 is 1. The molecule has 0 saturated heterocycles. The fraction of sp³-hybridized carbons (Fsp3) is 0.353. The van der Waals surface area contributed by atoms with Crippen LogP contribution in [0, 0.1) is 32.8 Å². The first kappa shape index (κ1) is 22.1. The number of carbonyl (C=O) groups excluding carboxylic acids is 3. The van der Waals surface area contributed by atoms with Crippen molar-refractivity contribution in [3.8, 4) is 12.1 Å². The summed E-state index contributed by atoms with van der Waals surface area (Å²) in [5, 5.41) is 28.2. The molecular formula is C17H16N4O7. The van der Waals surface area contributed by atoms with E-state index in [-0.39, 0.29) is 37.1 Å². The van der Waals surface area contributed by atoms with E-state index in [0.29, 0.717) is 0 Å². The Balaban J connectivity index is 2.91. The Bertz CT molecular complexity index is 836. The molecule has 0 aliphatic rings. The van der Waals surface area contributed by atoms with E-state index in [2.05, 4.69) is 4.74 Å². The lowest BCUT2D eigenvalue weighted by molar-refractivity contribution is -0.384. The minimum absolute atomic E-state index is 0.0402. The Hall–Kier alpha value is -3.99. The van der Waals surface area contributed by atoms with Crippen LogP contribution in [0.3, 0.4) is 0 Å². The number of rotatable bonds is 9. The average Bonchev–Trinajstić information content (AvgIpc) is 2.70. The highest BCUT2D eigenvalue weighted by Crippen LogP contribution is 2.19. The molecule has 0 N–H and O–H groups in total. The fourth-order valence-electron chi connectivity index (χ4n) is 2.10. The van der Waals surface area contributed by atoms with Gasteiger partial charge < -0.3 is 14.4 Å². The smallest absolute Gasteiger partial charge is 0.338 e. The van der Waals surface area contributed by atoms with E-state index in [1.165, 1.54) is 4.90 Å². The van der Waals surface area contributed by atoms with Gasteiger partial charge in [-0.05, 0) is 6.07 Å². The number of hydrogen-bond donors (Lipinski definition) is 0. The third-order valence-corrected chi connectivity index (χ3v) is 3.45. The van der Waals surface area contributed by atoms with Gasteiger partial charge in [-0.25, -0.2) is 9.59 Å². The Kier molecular flexibility index (Phi) is 8.57. The molecule has 0 saturated carbocycles. The second-order valence-electron chi connectivity index (χ2n) is 5.29. The van der Waals surface area contributed by atoms with Crippen LogP contribution in [0.15, 0.2) is 18.2 Å². The third kappa shape index (κ3) is 6.38. The monoisotopic (exact) mass is 388 g/mol. The van der Waals surface area contributed by atoms with Gasteiger partial charge in [-0.3, -0.25) is 14.9 Å². The topological polar surface area (TPSA) is 164 Å². The number of esters is 2. The number of amides is 1. The Morgan fingerprint density at radius 3 is 2.07 bits per heavy atom. The summed E-state index contributed by atoms with van der Waals surface area (Å²) < 4.78 is 9.35. The molecule has 0 radical (unpaired) electrons. The van der Waals surface area contributed by atoms with Gasteiger partial charge >= 0.3 is 11.9 Å². The van der Waals surface area contributed by atoms with Crippen LogP contribution in [0.1, 0.15) is 33.6 Å². The van der Waals surface area contributed by atoms with E-state index in [9.17, 15) is 24.5 Å². The van der Waals surface area contributed by atoms with Crippen LogP contribution in [-0.4, -0.2) is 54.5 Å². The van der Waals surface area contributed by atoms with Crippen molar-refractivity contribution in [2.24, 2.45) is 0 Å². The maximum absolute atomic E-state index is 12.2. The second-order valence-corrected chi connectivity index (χ2v) is 5.29. The van der Waals surface area contributed by atoms with Crippen LogP contribution in [0.4, 0.5) is 5.69 Å². The molecule has 0 atom stereocenters. The number of benzene rings is 1. The number of hydrogen-bond acceptors (Lipinski definition) is 9. The Morgan fingerprint density at radius 1 is 1.07 bits per heavy atom. The second kappa shape index (κ2) is 10.9. The van der Waals surface area contributed by atoms with Gasteiger partial charge in [0.2, 0.25) is 0 Å². The highest BCUT2D eigenvalue weighted by molar-refractivity contribution is 5.97. The van der Waals surface area contributed by atoms with Crippen molar-refractivity contribution in [3.05, 3.63) is 39.4 Å². The fourth-order valence-corrected chi connectivity index (χ4v) is 2.10. The maximum Gasteiger partial charge on any atom is 0.338 e. The number of non-ortho nitro benzene ring substituents is 1. The first-order valence-corrected chi connectivity index (χ1v) is 7.90. The average molecular weight is 388 g/mol. The zero-order valence-corrected chi connectivity index (χ0v) is 14.9. The highest BCUT2D eigenvalue weighted by atomic mass is 16.6. The molecule has 0 aromatic heterocycles. The standard InChI is InChI=1S/C17H16N4O7/c1-27-16(23)12-8-13(10-14(9-12)21(25)26)17(24)28-11-15(22)20(6-2-4-18)7-3-5-19/h8-10H,2-3,6-7,11H2,1H3. The summed E-state index contributed by atoms with van der Waals surface area (Å²) in [5.41, 5.74) is -1.05. The molecule has 0 aliphatic heterocycles. The summed E-state index contributed by atoms with van der Waals surface area (Å²) in [5.74, 6) is -2.56. The number of nitro benzene ring substituents is 1. The van der Waals surface area contributed by atoms with Crippen LogP contribution in [0.5, 0.6) is 0 Å². The van der Waals surface area contributed by atoms with Crippen molar-refractivity contribution in [2.75, 3.05) is 26.8 Å². The van der Waals surface area contributed by atoms with E-state index < -0.39 is 35.1 Å². The van der Waals surface area contributed by atoms with Crippen molar-refractivity contribution in [3.63, 3.8) is 0 Å². The first-order chi connectivity index (χ1) is 13.3. The normalized spacial score (nSPS) is 9.54. The third-order valence-electron chi connectivity index (χ3n) is 3.45. The predicted molar refractivity (Wildman–Crippen MR) is 91.8 cm³/mol. The Labute approximate surface area is 159 Å². The summed E-state index contributed by atoms with van der Waals surface area (Å²) >= 11 is 0. The van der Waals surface area contributed by atoms with Crippen molar-refractivity contribution in [1.82, 2.24) is 4.90 Å². The maximum atomic E-state index is 12.2. The largest absolute Gasteiger partial charge is 0.465 e. The van der Waals surface area contributed by atoms with Gasteiger partial charge in [0.15, 0.2) is 6.61 Å². The molecule has 0 fully saturated rings. The van der Waals surface area contributed by atoms with E-state index >= 15 is 0 Å². The lowest BCUT2D eigenvalue weighted by atomic mass is 10.1. The zero-order valence-electron chi connectivity index (χ0n) is 14.9. The summed E-state index contributed by atoms with van der Waals surface area (Å²) in [4.78, 5) is 47.3. The van der Waals surface area contributed by atoms with Gasteiger partial charge in [0.05, 0.1) is 48.1 Å². The minimum atomic E-state index is -1.05. The highest BCUT2D eigenvalue weighted by Gasteiger charge is 2.21. The Morgan fingerprint density at radius 2 is 1.61 bits per heavy atom. The molecule has 1 amide bonds. The lowest BCUT2D eigenvalue weighted by Gasteiger charge is -2.20. The molecule has 0 heterocycles. The van der Waals surface area contributed by atoms with Gasteiger partial charge in [-0.15, -0.1) is 0 Å². The lowest BCUT2D eigenvalue weighted by Crippen LogP contribution is -2.36. The molecule has 11 heteroatoms. The molecule has 0 spiro atoms. The molecule has 0 aliphatic carbocycles. The first-order valence-electron chi connectivity index (χ1n) is 7.90. The van der Waals surface area contributed by atoms with Gasteiger partial charge in [0.1, 0.15) is 0 Å². The summed E-state index contributed by atoms with van der Waals surface area (Å²) in [6.07, 6.45) is 0.0803. The van der Waals surface area contributed by atoms with Crippen molar-refractivity contribution in [2.45, 2.75) is 12.8 Å². The van der Waals surface area contributed by atoms with Crippen LogP contribution in [0.2, 0.25) is 0 Å². The van der Waals surface area contributed by atoms with Gasteiger partial charge in [0.25, 0.3) is 11.6 Å². The molecule has 11 nitrogen and oxygen atoms in total. The number of nitriles is 2. The number of nitrogens with zero attached hydrogens (tertiary/aromatic N) is 4. The van der Waals surface area contributed by atoms with Crippen LogP contribution in [-0.2, 0) is 14.3 Å². The van der Waals surface area contributed by atoms with Crippen molar-refractivity contribution < 1.29 is 28.8 Å². The van der Waals surface area contributed by atoms with E-state index in [4.69, 9.17) is 15.3 Å². The van der Waals surface area contributed by atoms with Crippen molar-refractivity contribution in [1.29, 1.82) is 10.5 Å². The number of nitro groups is 1. The summed E-state index contributed by atoms with van der Waals surface area (Å²) in [6, 6.07) is 6.63. The molecule has 1 aromatic rings. The molecule has 1 aromatic carbocycles. The molecule has 0 bridgehead atoms. The molecule has 1 rings (SSSR count). The van der Waals surface area contributed by atoms with E-state index in [0.717, 1.165) is 25.3 Å². The number of ether oxygens (including phenoxy) is 2.